The van der Waals surface area contributed by atoms with Gasteiger partial charge in [-0.3, -0.25) is 4.98 Å². The van der Waals surface area contributed by atoms with Crippen molar-refractivity contribution in [1.82, 2.24) is 10.3 Å². The number of hydrogen-bond acceptors (Lipinski definition) is 2. The molecule has 106 valence electrons. The first-order valence-corrected chi connectivity index (χ1v) is 8.30. The van der Waals surface area contributed by atoms with Crippen molar-refractivity contribution in [3.8, 4) is 0 Å². The van der Waals surface area contributed by atoms with Gasteiger partial charge in [-0.25, -0.2) is 0 Å². The average Bonchev–Trinajstić information content (AvgIpc) is 2.48. The monoisotopic (exact) mass is 332 g/mol. The van der Waals surface area contributed by atoms with Crippen LogP contribution in [0.2, 0.25) is 0 Å². The summed E-state index contributed by atoms with van der Waals surface area (Å²) in [6.45, 7) is 3.28. The van der Waals surface area contributed by atoms with Gasteiger partial charge < -0.3 is 5.32 Å². The fraction of sp³-hybridized carbons (Fsp3) is 0.471. The highest BCUT2D eigenvalue weighted by molar-refractivity contribution is 9.10. The van der Waals surface area contributed by atoms with Crippen LogP contribution in [0.15, 0.2) is 34.9 Å². The summed E-state index contributed by atoms with van der Waals surface area (Å²) in [7, 11) is 0. The van der Waals surface area contributed by atoms with Crippen LogP contribution < -0.4 is 5.32 Å². The van der Waals surface area contributed by atoms with E-state index in [1.165, 1.54) is 36.6 Å². The summed E-state index contributed by atoms with van der Waals surface area (Å²) in [5.74, 6) is 0.790. The first kappa shape index (κ1) is 14.0. The van der Waals surface area contributed by atoms with Crippen LogP contribution in [0.25, 0.3) is 10.9 Å². The van der Waals surface area contributed by atoms with E-state index in [0.717, 1.165) is 22.5 Å². The van der Waals surface area contributed by atoms with Crippen LogP contribution >= 0.6 is 15.9 Å². The molecule has 2 atom stereocenters. The van der Waals surface area contributed by atoms with Crippen LogP contribution in [0.1, 0.15) is 38.2 Å². The molecule has 0 bridgehead atoms. The molecule has 2 nitrogen and oxygen atoms in total. The van der Waals surface area contributed by atoms with Gasteiger partial charge in [0.05, 0.1) is 5.52 Å². The summed E-state index contributed by atoms with van der Waals surface area (Å²) >= 11 is 3.61. The molecule has 0 aliphatic heterocycles. The highest BCUT2D eigenvalue weighted by Gasteiger charge is 2.20. The second-order valence-electron chi connectivity index (χ2n) is 5.86. The van der Waals surface area contributed by atoms with E-state index in [1.807, 2.05) is 12.3 Å². The predicted molar refractivity (Wildman–Crippen MR) is 87.7 cm³/mol. The molecular formula is C17H21BrN2. The number of pyridine rings is 1. The zero-order valence-corrected chi connectivity index (χ0v) is 13.5. The molecule has 1 aliphatic rings. The molecule has 0 radical (unpaired) electrons. The van der Waals surface area contributed by atoms with Gasteiger partial charge in [0, 0.05) is 28.6 Å². The van der Waals surface area contributed by atoms with E-state index in [-0.39, 0.29) is 0 Å². The van der Waals surface area contributed by atoms with Gasteiger partial charge in [-0.15, -0.1) is 0 Å². The third-order valence-electron chi connectivity index (χ3n) is 4.47. The molecule has 1 N–H and O–H groups in total. The van der Waals surface area contributed by atoms with E-state index in [0.29, 0.717) is 6.04 Å². The lowest BCUT2D eigenvalue weighted by Gasteiger charge is -2.29. The highest BCUT2D eigenvalue weighted by atomic mass is 79.9. The normalized spacial score (nSPS) is 23.1. The molecule has 1 aromatic carbocycles. The molecule has 1 aliphatic carbocycles. The maximum Gasteiger partial charge on any atom is 0.0758 e. The largest absolute Gasteiger partial charge is 0.310 e. The quantitative estimate of drug-likeness (QED) is 0.883. The smallest absolute Gasteiger partial charge is 0.0758 e. The summed E-state index contributed by atoms with van der Waals surface area (Å²) < 4.78 is 1.12. The summed E-state index contributed by atoms with van der Waals surface area (Å²) in [5, 5.41) is 4.94. The van der Waals surface area contributed by atoms with Gasteiger partial charge in [0.2, 0.25) is 0 Å². The van der Waals surface area contributed by atoms with Crippen molar-refractivity contribution in [2.45, 2.75) is 45.2 Å². The highest BCUT2D eigenvalue weighted by Crippen LogP contribution is 2.27. The Kier molecular flexibility index (Phi) is 4.37. The SMILES string of the molecule is CC1CCCCC1NCc1ccc(Br)c2cccnc12. The molecule has 0 spiro atoms. The van der Waals surface area contributed by atoms with Crippen LogP contribution in [0.3, 0.4) is 0 Å². The molecule has 2 aromatic rings. The third kappa shape index (κ3) is 2.89. The molecule has 0 saturated heterocycles. The zero-order chi connectivity index (χ0) is 13.9. The molecular weight excluding hydrogens is 312 g/mol. The van der Waals surface area contributed by atoms with Crippen LogP contribution in [-0.4, -0.2) is 11.0 Å². The maximum absolute atomic E-state index is 4.55. The molecule has 3 heteroatoms. The van der Waals surface area contributed by atoms with Crippen molar-refractivity contribution in [2.75, 3.05) is 0 Å². The Morgan fingerprint density at radius 3 is 2.95 bits per heavy atom. The van der Waals surface area contributed by atoms with Crippen molar-refractivity contribution >= 4 is 26.8 Å². The number of benzene rings is 1. The lowest BCUT2D eigenvalue weighted by Crippen LogP contribution is -2.36. The molecule has 1 aromatic heterocycles. The lowest BCUT2D eigenvalue weighted by atomic mass is 9.86. The first-order chi connectivity index (χ1) is 9.75. The van der Waals surface area contributed by atoms with Gasteiger partial charge in [0.25, 0.3) is 0 Å². The van der Waals surface area contributed by atoms with E-state index in [4.69, 9.17) is 0 Å². The number of rotatable bonds is 3. The number of nitrogens with one attached hydrogen (secondary N) is 1. The van der Waals surface area contributed by atoms with Crippen LogP contribution in [0, 0.1) is 5.92 Å². The van der Waals surface area contributed by atoms with E-state index in [9.17, 15) is 0 Å². The average molecular weight is 333 g/mol. The molecule has 1 heterocycles. The minimum Gasteiger partial charge on any atom is -0.310 e. The lowest BCUT2D eigenvalue weighted by molar-refractivity contribution is 0.279. The molecule has 1 saturated carbocycles. The number of aromatic nitrogens is 1. The van der Waals surface area contributed by atoms with Crippen molar-refractivity contribution < 1.29 is 0 Å². The standard InChI is InChI=1S/C17H21BrN2/c1-12-5-2-3-7-16(12)20-11-13-8-9-15(18)14-6-4-10-19-17(13)14/h4,6,8-10,12,16,20H,2-3,5,7,11H2,1H3. The van der Waals surface area contributed by atoms with Gasteiger partial charge in [0.1, 0.15) is 0 Å². The van der Waals surface area contributed by atoms with Crippen molar-refractivity contribution in [2.24, 2.45) is 5.92 Å². The zero-order valence-electron chi connectivity index (χ0n) is 11.9. The Morgan fingerprint density at radius 2 is 2.10 bits per heavy atom. The maximum atomic E-state index is 4.55. The Labute approximate surface area is 129 Å². The Morgan fingerprint density at radius 1 is 1.25 bits per heavy atom. The minimum absolute atomic E-state index is 0.658. The first-order valence-electron chi connectivity index (χ1n) is 7.51. The van der Waals surface area contributed by atoms with E-state index >= 15 is 0 Å². The second kappa shape index (κ2) is 6.23. The van der Waals surface area contributed by atoms with Gasteiger partial charge in [-0.2, -0.15) is 0 Å². The molecule has 0 amide bonds. The Balaban J connectivity index is 1.79. The second-order valence-corrected chi connectivity index (χ2v) is 6.71. The third-order valence-corrected chi connectivity index (χ3v) is 5.16. The fourth-order valence-corrected chi connectivity index (χ4v) is 3.65. The summed E-state index contributed by atoms with van der Waals surface area (Å²) in [5.41, 5.74) is 2.40. The van der Waals surface area contributed by atoms with Crippen LogP contribution in [-0.2, 0) is 6.54 Å². The molecule has 3 rings (SSSR count). The summed E-state index contributed by atoms with van der Waals surface area (Å²) in [6, 6.07) is 9.09. The molecule has 1 fully saturated rings. The van der Waals surface area contributed by atoms with Crippen molar-refractivity contribution in [3.05, 3.63) is 40.5 Å². The number of halogens is 1. The Bertz CT molecular complexity index is 597. The van der Waals surface area contributed by atoms with Crippen molar-refractivity contribution in [3.63, 3.8) is 0 Å². The predicted octanol–water partition coefficient (Wildman–Crippen LogP) is 4.67. The fourth-order valence-electron chi connectivity index (χ4n) is 3.20. The Hall–Kier alpha value is -0.930. The van der Waals surface area contributed by atoms with Crippen LogP contribution in [0.5, 0.6) is 0 Å². The van der Waals surface area contributed by atoms with Gasteiger partial charge in [-0.1, -0.05) is 47.8 Å². The van der Waals surface area contributed by atoms with Gasteiger partial charge >= 0.3 is 0 Å². The van der Waals surface area contributed by atoms with Gasteiger partial charge in [-0.05, 0) is 36.5 Å². The van der Waals surface area contributed by atoms with Crippen LogP contribution in [0.4, 0.5) is 0 Å². The summed E-state index contributed by atoms with van der Waals surface area (Å²) in [6.07, 6.45) is 7.30. The van der Waals surface area contributed by atoms with Crippen molar-refractivity contribution in [1.29, 1.82) is 0 Å². The van der Waals surface area contributed by atoms with E-state index < -0.39 is 0 Å². The number of hydrogen-bond donors (Lipinski definition) is 1. The minimum atomic E-state index is 0.658. The van der Waals surface area contributed by atoms with E-state index in [2.05, 4.69) is 51.4 Å². The molecule has 2 unspecified atom stereocenters. The molecule has 20 heavy (non-hydrogen) atoms. The van der Waals surface area contributed by atoms with Gasteiger partial charge in [0.15, 0.2) is 0 Å². The van der Waals surface area contributed by atoms with E-state index in [1.54, 1.807) is 0 Å². The number of fused-ring (bicyclic) bond motifs is 1. The number of nitrogens with zero attached hydrogens (tertiary/aromatic N) is 1. The topological polar surface area (TPSA) is 24.9 Å². The summed E-state index contributed by atoms with van der Waals surface area (Å²) in [4.78, 5) is 4.55.